The number of esters is 1. The van der Waals surface area contributed by atoms with Crippen LogP contribution < -0.4 is 5.32 Å². The van der Waals surface area contributed by atoms with Gasteiger partial charge in [0.05, 0.1) is 11.5 Å². The molecule has 0 bridgehead atoms. The van der Waals surface area contributed by atoms with E-state index in [1.54, 1.807) is 4.90 Å². The van der Waals surface area contributed by atoms with Crippen LogP contribution in [0.1, 0.15) is 29.6 Å². The van der Waals surface area contributed by atoms with Gasteiger partial charge in [0.15, 0.2) is 0 Å². The summed E-state index contributed by atoms with van der Waals surface area (Å²) in [5.41, 5.74) is -0.106. The van der Waals surface area contributed by atoms with Crippen LogP contribution in [-0.2, 0) is 14.3 Å². The van der Waals surface area contributed by atoms with Crippen LogP contribution in [0.25, 0.3) is 0 Å². The molecule has 1 saturated heterocycles. The van der Waals surface area contributed by atoms with Crippen molar-refractivity contribution in [2.75, 3.05) is 31.7 Å². The monoisotopic (exact) mass is 409 g/mol. The molecule has 2 rings (SSSR count). The molecule has 152 valence electrons. The number of amides is 2. The number of nitro groups is 1. The number of hydrogen-bond donors (Lipinski definition) is 1. The maximum Gasteiger partial charge on any atom is 0.328 e. The number of likely N-dealkylation sites (tertiary alicyclic amines) is 1. The second-order valence-corrected chi connectivity index (χ2v) is 7.25. The predicted molar refractivity (Wildman–Crippen MR) is 104 cm³/mol. The standard InChI is InChI=1S/C18H23N3O6S/c1-28-11-7-15(18(24)27-10-9-20-8-3-6-16(20)22)19-17(23)13-4-2-5-14(12-13)21(25)26/h2,4-5,12,15H,3,6-11H2,1H3,(H,19,23). The van der Waals surface area contributed by atoms with E-state index in [9.17, 15) is 24.5 Å². The highest BCUT2D eigenvalue weighted by molar-refractivity contribution is 7.98. The van der Waals surface area contributed by atoms with E-state index in [4.69, 9.17) is 4.74 Å². The minimum Gasteiger partial charge on any atom is -0.462 e. The topological polar surface area (TPSA) is 119 Å². The summed E-state index contributed by atoms with van der Waals surface area (Å²) in [7, 11) is 0. The van der Waals surface area contributed by atoms with Gasteiger partial charge in [-0.05, 0) is 30.9 Å². The normalized spacial score (nSPS) is 14.6. The van der Waals surface area contributed by atoms with Crippen LogP contribution in [0, 0.1) is 10.1 Å². The first-order valence-corrected chi connectivity index (χ1v) is 10.3. The molecule has 1 atom stereocenters. The van der Waals surface area contributed by atoms with Gasteiger partial charge in [-0.15, -0.1) is 0 Å². The van der Waals surface area contributed by atoms with Crippen molar-refractivity contribution in [3.8, 4) is 0 Å². The lowest BCUT2D eigenvalue weighted by molar-refractivity contribution is -0.384. The minimum absolute atomic E-state index is 0.0500. The summed E-state index contributed by atoms with van der Waals surface area (Å²) in [5.74, 6) is -0.491. The SMILES string of the molecule is CSCCC(NC(=O)c1cccc([N+](=O)[O-])c1)C(=O)OCCN1CCCC1=O. The number of non-ortho nitro benzene ring substituents is 1. The van der Waals surface area contributed by atoms with Gasteiger partial charge in [0.25, 0.3) is 11.6 Å². The molecule has 1 heterocycles. The Bertz CT molecular complexity index is 742. The Morgan fingerprint density at radius 1 is 1.43 bits per heavy atom. The zero-order chi connectivity index (χ0) is 20.5. The smallest absolute Gasteiger partial charge is 0.328 e. The van der Waals surface area contributed by atoms with Crippen molar-refractivity contribution < 1.29 is 24.0 Å². The Labute approximate surface area is 166 Å². The van der Waals surface area contributed by atoms with Crippen LogP contribution in [0.15, 0.2) is 24.3 Å². The molecule has 0 aromatic heterocycles. The van der Waals surface area contributed by atoms with Crippen LogP contribution in [0.5, 0.6) is 0 Å². The number of hydrogen-bond acceptors (Lipinski definition) is 7. The molecular weight excluding hydrogens is 386 g/mol. The van der Waals surface area contributed by atoms with E-state index in [0.717, 1.165) is 12.5 Å². The average Bonchev–Trinajstić information content (AvgIpc) is 3.09. The first-order valence-electron chi connectivity index (χ1n) is 8.91. The predicted octanol–water partition coefficient (Wildman–Crippen LogP) is 1.61. The number of nitrogens with zero attached hydrogens (tertiary/aromatic N) is 2. The summed E-state index contributed by atoms with van der Waals surface area (Å²) in [6.45, 7) is 1.06. The van der Waals surface area contributed by atoms with Crippen LogP contribution >= 0.6 is 11.8 Å². The molecule has 0 saturated carbocycles. The minimum atomic E-state index is -0.867. The van der Waals surface area contributed by atoms with E-state index < -0.39 is 22.8 Å². The van der Waals surface area contributed by atoms with Crippen molar-refractivity contribution in [2.24, 2.45) is 0 Å². The molecule has 1 aliphatic rings. The van der Waals surface area contributed by atoms with Gasteiger partial charge < -0.3 is 15.0 Å². The fourth-order valence-corrected chi connectivity index (χ4v) is 3.26. The Hall–Kier alpha value is -2.62. The van der Waals surface area contributed by atoms with Gasteiger partial charge >= 0.3 is 5.97 Å². The summed E-state index contributed by atoms with van der Waals surface area (Å²) in [4.78, 5) is 48.3. The van der Waals surface area contributed by atoms with Gasteiger partial charge in [0, 0.05) is 30.7 Å². The molecular formula is C18H23N3O6S. The average molecular weight is 409 g/mol. The molecule has 1 aromatic rings. The van der Waals surface area contributed by atoms with E-state index in [1.807, 2.05) is 6.26 Å². The summed E-state index contributed by atoms with van der Waals surface area (Å²) in [6, 6.07) is 4.43. The number of rotatable bonds is 10. The summed E-state index contributed by atoms with van der Waals surface area (Å²) in [6.07, 6.45) is 3.57. The van der Waals surface area contributed by atoms with Crippen molar-refractivity contribution in [3.63, 3.8) is 0 Å². The quantitative estimate of drug-likeness (QED) is 0.354. The number of carbonyl (C=O) groups excluding carboxylic acids is 3. The Morgan fingerprint density at radius 2 is 2.21 bits per heavy atom. The second kappa shape index (κ2) is 10.6. The molecule has 1 N–H and O–H groups in total. The maximum atomic E-state index is 12.4. The van der Waals surface area contributed by atoms with Crippen molar-refractivity contribution in [1.82, 2.24) is 10.2 Å². The molecule has 28 heavy (non-hydrogen) atoms. The zero-order valence-electron chi connectivity index (χ0n) is 15.6. The Morgan fingerprint density at radius 3 is 2.86 bits per heavy atom. The Kier molecular flexibility index (Phi) is 8.24. The van der Waals surface area contributed by atoms with Crippen molar-refractivity contribution in [2.45, 2.75) is 25.3 Å². The van der Waals surface area contributed by atoms with Crippen molar-refractivity contribution >= 4 is 35.2 Å². The molecule has 0 spiro atoms. The highest BCUT2D eigenvalue weighted by Crippen LogP contribution is 2.14. The number of thioether (sulfide) groups is 1. The third-order valence-corrected chi connectivity index (χ3v) is 4.94. The maximum absolute atomic E-state index is 12.4. The van der Waals surface area contributed by atoms with Gasteiger partial charge in [-0.25, -0.2) is 4.79 Å². The van der Waals surface area contributed by atoms with Gasteiger partial charge in [-0.2, -0.15) is 11.8 Å². The molecule has 0 radical (unpaired) electrons. The molecule has 1 unspecified atom stereocenters. The van der Waals surface area contributed by atoms with E-state index >= 15 is 0 Å². The molecule has 0 aliphatic carbocycles. The fourth-order valence-electron chi connectivity index (χ4n) is 2.78. The molecule has 1 fully saturated rings. The number of nitrogens with one attached hydrogen (secondary N) is 1. The third kappa shape index (κ3) is 6.22. The van der Waals surface area contributed by atoms with Gasteiger partial charge in [-0.1, -0.05) is 6.07 Å². The van der Waals surface area contributed by atoms with Gasteiger partial charge in [-0.3, -0.25) is 19.7 Å². The lowest BCUT2D eigenvalue weighted by Crippen LogP contribution is -2.43. The van der Waals surface area contributed by atoms with Crippen molar-refractivity contribution in [1.29, 1.82) is 0 Å². The highest BCUT2D eigenvalue weighted by atomic mass is 32.2. The lowest BCUT2D eigenvalue weighted by Gasteiger charge is -2.19. The van der Waals surface area contributed by atoms with Gasteiger partial charge in [0.2, 0.25) is 5.91 Å². The van der Waals surface area contributed by atoms with Gasteiger partial charge in [0.1, 0.15) is 12.6 Å². The van der Waals surface area contributed by atoms with Crippen LogP contribution in [0.4, 0.5) is 5.69 Å². The second-order valence-electron chi connectivity index (χ2n) is 6.27. The highest BCUT2D eigenvalue weighted by Gasteiger charge is 2.25. The largest absolute Gasteiger partial charge is 0.462 e. The van der Waals surface area contributed by atoms with Crippen LogP contribution in [0.2, 0.25) is 0 Å². The molecule has 1 aromatic carbocycles. The zero-order valence-corrected chi connectivity index (χ0v) is 16.4. The summed E-state index contributed by atoms with van der Waals surface area (Å²) in [5, 5.41) is 13.5. The third-order valence-electron chi connectivity index (χ3n) is 4.30. The van der Waals surface area contributed by atoms with E-state index in [0.29, 0.717) is 31.7 Å². The first kappa shape index (κ1) is 21.7. The Balaban J connectivity index is 1.94. The lowest BCUT2D eigenvalue weighted by atomic mass is 10.1. The van der Waals surface area contributed by atoms with Crippen molar-refractivity contribution in [3.05, 3.63) is 39.9 Å². The molecule has 1 aliphatic heterocycles. The van der Waals surface area contributed by atoms with Crippen LogP contribution in [-0.4, -0.2) is 65.4 Å². The van der Waals surface area contributed by atoms with E-state index in [-0.39, 0.29) is 23.8 Å². The van der Waals surface area contributed by atoms with E-state index in [1.165, 1.54) is 30.0 Å². The molecule has 9 nitrogen and oxygen atoms in total. The number of ether oxygens (including phenoxy) is 1. The summed E-state index contributed by atoms with van der Waals surface area (Å²) < 4.78 is 5.25. The fraction of sp³-hybridized carbons (Fsp3) is 0.500. The molecule has 2 amide bonds. The number of nitro benzene ring substituents is 1. The summed E-state index contributed by atoms with van der Waals surface area (Å²) >= 11 is 1.52. The molecule has 10 heteroatoms. The number of benzene rings is 1. The van der Waals surface area contributed by atoms with E-state index in [2.05, 4.69) is 5.32 Å². The van der Waals surface area contributed by atoms with Crippen LogP contribution in [0.3, 0.4) is 0 Å². The number of carbonyl (C=O) groups is 3. The first-order chi connectivity index (χ1) is 13.4.